The van der Waals surface area contributed by atoms with Gasteiger partial charge < -0.3 is 4.74 Å². The van der Waals surface area contributed by atoms with Crippen molar-refractivity contribution in [3.05, 3.63) is 23.3 Å². The Labute approximate surface area is 78.1 Å². The van der Waals surface area contributed by atoms with E-state index in [9.17, 15) is 0 Å². The van der Waals surface area contributed by atoms with Crippen LogP contribution in [0, 0.1) is 13.8 Å². The van der Waals surface area contributed by atoms with Gasteiger partial charge in [-0.05, 0) is 37.3 Å². The fraction of sp³-hybridized carbons (Fsp3) is 0.400. The van der Waals surface area contributed by atoms with Crippen molar-refractivity contribution in [2.24, 2.45) is 0 Å². The number of rotatable bonds is 2. The molecule has 1 aromatic rings. The van der Waals surface area contributed by atoms with E-state index in [1.165, 1.54) is 16.0 Å². The summed E-state index contributed by atoms with van der Waals surface area (Å²) in [7, 11) is 1.72. The van der Waals surface area contributed by atoms with Crippen LogP contribution in [0.25, 0.3) is 0 Å². The molecule has 0 atom stereocenters. The van der Waals surface area contributed by atoms with Gasteiger partial charge in [-0.1, -0.05) is 6.07 Å². The number of methoxy groups -OCH3 is 1. The zero-order valence-electron chi connectivity index (χ0n) is 7.97. The van der Waals surface area contributed by atoms with Crippen LogP contribution in [0.1, 0.15) is 11.1 Å². The molecule has 0 aliphatic carbocycles. The molecule has 0 fully saturated rings. The molecule has 0 aromatic heterocycles. The predicted octanol–water partition coefficient (Wildman–Crippen LogP) is 3.03. The topological polar surface area (TPSA) is 9.23 Å². The summed E-state index contributed by atoms with van der Waals surface area (Å²) in [5, 5.41) is 0. The maximum atomic E-state index is 5.28. The number of ether oxygens (including phenoxy) is 1. The minimum atomic E-state index is 0.986. The van der Waals surface area contributed by atoms with E-state index in [4.69, 9.17) is 4.74 Å². The highest BCUT2D eigenvalue weighted by atomic mass is 32.2. The van der Waals surface area contributed by atoms with Gasteiger partial charge in [0.2, 0.25) is 0 Å². The minimum absolute atomic E-state index is 0.986. The van der Waals surface area contributed by atoms with Crippen molar-refractivity contribution in [1.29, 1.82) is 0 Å². The lowest BCUT2D eigenvalue weighted by molar-refractivity contribution is 0.404. The average molecular weight is 182 g/mol. The first kappa shape index (κ1) is 9.46. The van der Waals surface area contributed by atoms with Crippen molar-refractivity contribution in [3.63, 3.8) is 0 Å². The Bertz CT molecular complexity index is 281. The number of aryl methyl sites for hydroxylation is 2. The van der Waals surface area contributed by atoms with E-state index in [1.807, 2.05) is 0 Å². The van der Waals surface area contributed by atoms with Gasteiger partial charge in [-0.2, -0.15) is 0 Å². The van der Waals surface area contributed by atoms with Gasteiger partial charge in [0.25, 0.3) is 0 Å². The first-order valence-electron chi connectivity index (χ1n) is 3.88. The van der Waals surface area contributed by atoms with Gasteiger partial charge >= 0.3 is 0 Å². The smallest absolute Gasteiger partial charge is 0.132 e. The van der Waals surface area contributed by atoms with Gasteiger partial charge in [0.05, 0.1) is 12.0 Å². The number of hydrogen-bond donors (Lipinski definition) is 0. The Hall–Kier alpha value is -0.630. The maximum Gasteiger partial charge on any atom is 0.132 e. The molecule has 0 amide bonds. The highest BCUT2D eigenvalue weighted by molar-refractivity contribution is 7.98. The van der Waals surface area contributed by atoms with Crippen LogP contribution in [0.4, 0.5) is 0 Å². The average Bonchev–Trinajstić information content (AvgIpc) is 2.03. The largest absolute Gasteiger partial charge is 0.496 e. The van der Waals surface area contributed by atoms with E-state index in [-0.39, 0.29) is 0 Å². The van der Waals surface area contributed by atoms with Crippen LogP contribution in [0.15, 0.2) is 17.0 Å². The van der Waals surface area contributed by atoms with Crippen molar-refractivity contribution in [1.82, 2.24) is 0 Å². The molecule has 0 unspecified atom stereocenters. The van der Waals surface area contributed by atoms with Crippen LogP contribution < -0.4 is 4.74 Å². The fourth-order valence-electron chi connectivity index (χ4n) is 1.33. The summed E-state index contributed by atoms with van der Waals surface area (Å²) in [5.74, 6) is 0.986. The number of hydrogen-bond acceptors (Lipinski definition) is 2. The lowest BCUT2D eigenvalue weighted by Crippen LogP contribution is -1.90. The molecular formula is C10H14OS. The van der Waals surface area contributed by atoms with Crippen LogP contribution in [0.3, 0.4) is 0 Å². The van der Waals surface area contributed by atoms with Crippen molar-refractivity contribution >= 4 is 11.8 Å². The highest BCUT2D eigenvalue weighted by Gasteiger charge is 2.05. The standard InChI is InChI=1S/C10H14OS/c1-7-5-8(2)10(12-4)9(6-7)11-3/h5-6H,1-4H3. The molecule has 0 spiro atoms. The second kappa shape index (κ2) is 3.85. The van der Waals surface area contributed by atoms with Crippen molar-refractivity contribution in [2.45, 2.75) is 18.7 Å². The van der Waals surface area contributed by atoms with E-state index in [0.29, 0.717) is 0 Å². The third kappa shape index (κ3) is 1.75. The molecule has 0 aliphatic rings. The van der Waals surface area contributed by atoms with Gasteiger partial charge in [0.1, 0.15) is 5.75 Å². The summed E-state index contributed by atoms with van der Waals surface area (Å²) in [6.45, 7) is 4.20. The fourth-order valence-corrected chi connectivity index (χ4v) is 2.05. The van der Waals surface area contributed by atoms with E-state index < -0.39 is 0 Å². The molecule has 0 aliphatic heterocycles. The molecule has 1 aromatic carbocycles. The molecular weight excluding hydrogens is 168 g/mol. The lowest BCUT2D eigenvalue weighted by atomic mass is 10.1. The first-order chi connectivity index (χ1) is 5.69. The summed E-state index contributed by atoms with van der Waals surface area (Å²) in [6.07, 6.45) is 2.07. The second-order valence-electron chi connectivity index (χ2n) is 2.82. The summed E-state index contributed by atoms with van der Waals surface area (Å²) in [6, 6.07) is 4.24. The molecule has 2 heteroatoms. The third-order valence-corrected chi connectivity index (χ3v) is 2.74. The van der Waals surface area contributed by atoms with Crippen molar-refractivity contribution in [3.8, 4) is 5.75 Å². The Balaban J connectivity index is 3.24. The van der Waals surface area contributed by atoms with Crippen LogP contribution in [-0.2, 0) is 0 Å². The van der Waals surface area contributed by atoms with Crippen LogP contribution >= 0.6 is 11.8 Å². The van der Waals surface area contributed by atoms with Gasteiger partial charge in [-0.15, -0.1) is 11.8 Å². The summed E-state index contributed by atoms with van der Waals surface area (Å²) in [5.41, 5.74) is 2.54. The maximum absolute atomic E-state index is 5.28. The quantitative estimate of drug-likeness (QED) is 0.650. The van der Waals surface area contributed by atoms with Gasteiger partial charge in [0.15, 0.2) is 0 Å². The number of thioether (sulfide) groups is 1. The zero-order valence-corrected chi connectivity index (χ0v) is 8.79. The predicted molar refractivity (Wildman–Crippen MR) is 54.2 cm³/mol. The van der Waals surface area contributed by atoms with Crippen LogP contribution in [-0.4, -0.2) is 13.4 Å². The molecule has 12 heavy (non-hydrogen) atoms. The monoisotopic (exact) mass is 182 g/mol. The molecule has 0 heterocycles. The molecule has 0 bridgehead atoms. The van der Waals surface area contributed by atoms with Crippen molar-refractivity contribution in [2.75, 3.05) is 13.4 Å². The Morgan fingerprint density at radius 3 is 2.42 bits per heavy atom. The summed E-state index contributed by atoms with van der Waals surface area (Å²) in [4.78, 5) is 1.24. The Kier molecular flexibility index (Phi) is 3.04. The van der Waals surface area contributed by atoms with Crippen LogP contribution in [0.2, 0.25) is 0 Å². The van der Waals surface area contributed by atoms with E-state index >= 15 is 0 Å². The lowest BCUT2D eigenvalue weighted by Gasteiger charge is -2.09. The molecule has 0 saturated carbocycles. The van der Waals surface area contributed by atoms with Gasteiger partial charge in [0, 0.05) is 0 Å². The molecule has 66 valence electrons. The van der Waals surface area contributed by atoms with E-state index in [0.717, 1.165) is 5.75 Å². The normalized spacial score (nSPS) is 10.0. The van der Waals surface area contributed by atoms with E-state index in [2.05, 4.69) is 32.2 Å². The van der Waals surface area contributed by atoms with E-state index in [1.54, 1.807) is 18.9 Å². The zero-order chi connectivity index (χ0) is 9.14. The SMILES string of the molecule is COc1cc(C)cc(C)c1SC. The Morgan fingerprint density at radius 1 is 1.25 bits per heavy atom. The van der Waals surface area contributed by atoms with Gasteiger partial charge in [-0.3, -0.25) is 0 Å². The highest BCUT2D eigenvalue weighted by Crippen LogP contribution is 2.31. The Morgan fingerprint density at radius 2 is 1.92 bits per heavy atom. The third-order valence-electron chi connectivity index (χ3n) is 1.81. The summed E-state index contributed by atoms with van der Waals surface area (Å²) < 4.78 is 5.28. The van der Waals surface area contributed by atoms with Crippen LogP contribution in [0.5, 0.6) is 5.75 Å². The molecule has 0 radical (unpaired) electrons. The number of benzene rings is 1. The molecule has 1 rings (SSSR count). The molecule has 0 N–H and O–H groups in total. The molecule has 1 nitrogen and oxygen atoms in total. The second-order valence-corrected chi connectivity index (χ2v) is 3.63. The molecule has 0 saturated heterocycles. The van der Waals surface area contributed by atoms with Gasteiger partial charge in [-0.25, -0.2) is 0 Å². The first-order valence-corrected chi connectivity index (χ1v) is 5.10. The minimum Gasteiger partial charge on any atom is -0.496 e. The summed E-state index contributed by atoms with van der Waals surface area (Å²) >= 11 is 1.73. The van der Waals surface area contributed by atoms with Crippen molar-refractivity contribution < 1.29 is 4.74 Å².